The molecule has 0 radical (unpaired) electrons. The van der Waals surface area contributed by atoms with Crippen molar-refractivity contribution in [1.29, 1.82) is 0 Å². The zero-order valence-corrected chi connectivity index (χ0v) is 16.9. The smallest absolute Gasteiger partial charge is 0.274 e. The Kier molecular flexibility index (Phi) is 5.00. The molecular formula is C21H22N4O2S. The number of furan rings is 1. The Hall–Kier alpha value is -2.93. The number of hydrogen-bond donors (Lipinski definition) is 1. The molecule has 3 aromatic heterocycles. The Bertz CT molecular complexity index is 1120. The van der Waals surface area contributed by atoms with Crippen LogP contribution in [0, 0.1) is 12.8 Å². The molecule has 0 aliphatic carbocycles. The van der Waals surface area contributed by atoms with Crippen molar-refractivity contribution in [2.24, 2.45) is 5.92 Å². The fourth-order valence-corrected chi connectivity index (χ4v) is 4.14. The zero-order valence-electron chi connectivity index (χ0n) is 16.1. The van der Waals surface area contributed by atoms with E-state index < -0.39 is 0 Å². The molecule has 1 aromatic carbocycles. The number of anilines is 1. The van der Waals surface area contributed by atoms with Crippen LogP contribution < -0.4 is 5.32 Å². The number of nitrogens with one attached hydrogen (secondary N) is 1. The summed E-state index contributed by atoms with van der Waals surface area (Å²) in [6, 6.07) is 11.8. The second-order valence-corrected chi connectivity index (χ2v) is 8.33. The maximum atomic E-state index is 13.0. The van der Waals surface area contributed by atoms with Crippen LogP contribution in [0.25, 0.3) is 11.1 Å². The predicted molar refractivity (Wildman–Crippen MR) is 111 cm³/mol. The summed E-state index contributed by atoms with van der Waals surface area (Å²) < 4.78 is 7.51. The summed E-state index contributed by atoms with van der Waals surface area (Å²) in [5.41, 5.74) is 4.47. The molecule has 0 saturated carbocycles. The minimum Gasteiger partial charge on any atom is -0.463 e. The van der Waals surface area contributed by atoms with E-state index in [4.69, 9.17) is 4.42 Å². The predicted octanol–water partition coefficient (Wildman–Crippen LogP) is 4.89. The molecule has 28 heavy (non-hydrogen) atoms. The van der Waals surface area contributed by atoms with Gasteiger partial charge < -0.3 is 8.98 Å². The number of carbonyl (C=O) groups excluding carboxylic acids is 1. The van der Waals surface area contributed by atoms with Gasteiger partial charge in [-0.05, 0) is 24.0 Å². The molecule has 144 valence electrons. The summed E-state index contributed by atoms with van der Waals surface area (Å²) in [5, 5.41) is 12.6. The number of aryl methyl sites for hydroxylation is 1. The van der Waals surface area contributed by atoms with Gasteiger partial charge in [-0.15, -0.1) is 10.2 Å². The van der Waals surface area contributed by atoms with Crippen molar-refractivity contribution in [1.82, 2.24) is 14.8 Å². The van der Waals surface area contributed by atoms with E-state index in [0.29, 0.717) is 28.9 Å². The number of fused-ring (bicyclic) bond motifs is 1. The van der Waals surface area contributed by atoms with Gasteiger partial charge in [-0.2, -0.15) is 0 Å². The first-order valence-electron chi connectivity index (χ1n) is 9.26. The van der Waals surface area contributed by atoms with Crippen LogP contribution in [0.5, 0.6) is 0 Å². The number of aromatic nitrogens is 3. The van der Waals surface area contributed by atoms with Gasteiger partial charge in [0.15, 0.2) is 5.58 Å². The maximum Gasteiger partial charge on any atom is 0.274 e. The van der Waals surface area contributed by atoms with E-state index in [1.165, 1.54) is 16.9 Å². The molecule has 7 heteroatoms. The molecule has 0 aliphatic rings. The van der Waals surface area contributed by atoms with E-state index in [2.05, 4.69) is 48.4 Å². The molecule has 0 fully saturated rings. The summed E-state index contributed by atoms with van der Waals surface area (Å²) in [4.78, 5) is 13.0. The Morgan fingerprint density at radius 3 is 2.86 bits per heavy atom. The van der Waals surface area contributed by atoms with Crippen molar-refractivity contribution in [2.45, 2.75) is 33.7 Å². The second kappa shape index (κ2) is 7.59. The average Bonchev–Trinajstić information content (AvgIpc) is 3.34. The highest BCUT2D eigenvalue weighted by Gasteiger charge is 2.19. The van der Waals surface area contributed by atoms with Gasteiger partial charge in [0.05, 0.1) is 11.8 Å². The lowest BCUT2D eigenvalue weighted by atomic mass is 10.1. The molecule has 0 bridgehead atoms. The van der Waals surface area contributed by atoms with Crippen molar-refractivity contribution in [2.75, 3.05) is 5.32 Å². The quantitative estimate of drug-likeness (QED) is 0.505. The van der Waals surface area contributed by atoms with Gasteiger partial charge >= 0.3 is 0 Å². The fraction of sp³-hybridized carbons (Fsp3) is 0.286. The largest absolute Gasteiger partial charge is 0.463 e. The lowest BCUT2D eigenvalue weighted by molar-refractivity contribution is 0.101. The van der Waals surface area contributed by atoms with Gasteiger partial charge in [0.2, 0.25) is 5.13 Å². The molecule has 0 atom stereocenters. The Morgan fingerprint density at radius 1 is 1.25 bits per heavy atom. The number of rotatable bonds is 6. The number of amides is 1. The fourth-order valence-electron chi connectivity index (χ4n) is 3.19. The number of carbonyl (C=O) groups is 1. The van der Waals surface area contributed by atoms with Gasteiger partial charge in [-0.1, -0.05) is 49.4 Å². The summed E-state index contributed by atoms with van der Waals surface area (Å²) in [5.74, 6) is 0.280. The molecule has 6 nitrogen and oxygen atoms in total. The number of hydrogen-bond acceptors (Lipinski definition) is 5. The van der Waals surface area contributed by atoms with Gasteiger partial charge in [-0.3, -0.25) is 10.1 Å². The summed E-state index contributed by atoms with van der Waals surface area (Å²) in [6.07, 6.45) is 2.49. The van der Waals surface area contributed by atoms with Crippen molar-refractivity contribution in [3.05, 3.63) is 64.5 Å². The lowest BCUT2D eigenvalue weighted by Gasteiger charge is -2.11. The van der Waals surface area contributed by atoms with E-state index >= 15 is 0 Å². The van der Waals surface area contributed by atoms with Crippen molar-refractivity contribution >= 4 is 33.5 Å². The number of nitrogens with zero attached hydrogens (tertiary/aromatic N) is 3. The third kappa shape index (κ3) is 3.71. The third-order valence-electron chi connectivity index (χ3n) is 4.62. The Labute approximate surface area is 167 Å². The van der Waals surface area contributed by atoms with E-state index in [1.54, 1.807) is 12.3 Å². The van der Waals surface area contributed by atoms with Crippen LogP contribution in [0.3, 0.4) is 0 Å². The molecule has 1 N–H and O–H groups in total. The van der Waals surface area contributed by atoms with Gasteiger partial charge in [0.1, 0.15) is 10.7 Å². The van der Waals surface area contributed by atoms with Crippen molar-refractivity contribution < 1.29 is 9.21 Å². The first-order valence-corrected chi connectivity index (χ1v) is 10.1. The summed E-state index contributed by atoms with van der Waals surface area (Å²) >= 11 is 1.42. The van der Waals surface area contributed by atoms with Crippen LogP contribution in [0.2, 0.25) is 0 Å². The molecule has 4 rings (SSSR count). The van der Waals surface area contributed by atoms with Crippen LogP contribution in [-0.2, 0) is 13.0 Å². The van der Waals surface area contributed by atoms with Crippen LogP contribution >= 0.6 is 11.3 Å². The average molecular weight is 395 g/mol. The minimum absolute atomic E-state index is 0.216. The first kappa shape index (κ1) is 18.4. The highest BCUT2D eigenvalue weighted by atomic mass is 32.1. The molecule has 0 spiro atoms. The normalized spacial score (nSPS) is 11.4. The van der Waals surface area contributed by atoms with Crippen molar-refractivity contribution in [3.63, 3.8) is 0 Å². The molecule has 4 aromatic rings. The molecule has 0 saturated heterocycles. The first-order chi connectivity index (χ1) is 13.5. The monoisotopic (exact) mass is 394 g/mol. The Morgan fingerprint density at radius 2 is 2.07 bits per heavy atom. The topological polar surface area (TPSA) is 73.0 Å². The molecule has 0 aliphatic heterocycles. The maximum absolute atomic E-state index is 13.0. The van der Waals surface area contributed by atoms with Crippen LogP contribution in [-0.4, -0.2) is 20.7 Å². The van der Waals surface area contributed by atoms with Crippen LogP contribution in [0.15, 0.2) is 47.1 Å². The lowest BCUT2D eigenvalue weighted by Crippen LogP contribution is -2.17. The van der Waals surface area contributed by atoms with Crippen LogP contribution in [0.4, 0.5) is 5.13 Å². The van der Waals surface area contributed by atoms with Gasteiger partial charge in [0.25, 0.3) is 5.91 Å². The third-order valence-corrected chi connectivity index (χ3v) is 5.48. The van der Waals surface area contributed by atoms with E-state index in [-0.39, 0.29) is 5.91 Å². The van der Waals surface area contributed by atoms with E-state index in [0.717, 1.165) is 22.5 Å². The molecule has 1 amide bonds. The molecule has 0 unspecified atom stereocenters. The summed E-state index contributed by atoms with van der Waals surface area (Å²) in [7, 11) is 0. The standard InChI is InChI=1S/C21H22N4O2S/c1-13(2)10-19-23-24-21(28-19)22-20(26)17-11-18-16(8-9-27-18)25(17)12-15-7-5-4-6-14(15)3/h4-9,11,13H,10,12H2,1-3H3,(H,22,24,26). The second-order valence-electron chi connectivity index (χ2n) is 7.27. The highest BCUT2D eigenvalue weighted by molar-refractivity contribution is 7.15. The van der Waals surface area contributed by atoms with Crippen molar-refractivity contribution in [3.8, 4) is 0 Å². The molecule has 3 heterocycles. The highest BCUT2D eigenvalue weighted by Crippen LogP contribution is 2.25. The van der Waals surface area contributed by atoms with Gasteiger partial charge in [0, 0.05) is 25.1 Å². The Balaban J connectivity index is 1.63. The minimum atomic E-state index is -0.216. The van der Waals surface area contributed by atoms with Gasteiger partial charge in [-0.25, -0.2) is 0 Å². The summed E-state index contributed by atoms with van der Waals surface area (Å²) in [6.45, 7) is 6.93. The zero-order chi connectivity index (χ0) is 19.7. The molecular weight excluding hydrogens is 372 g/mol. The van der Waals surface area contributed by atoms with E-state index in [1.807, 2.05) is 22.8 Å². The number of benzene rings is 1. The SMILES string of the molecule is Cc1ccccc1Cn1c(C(=O)Nc2nnc(CC(C)C)s2)cc2occc21. The van der Waals surface area contributed by atoms with E-state index in [9.17, 15) is 4.79 Å². The van der Waals surface area contributed by atoms with Crippen LogP contribution in [0.1, 0.15) is 40.5 Å².